The van der Waals surface area contributed by atoms with Crippen LogP contribution in [0.3, 0.4) is 0 Å². The molecule has 1 aromatic rings. The Morgan fingerprint density at radius 1 is 1.21 bits per heavy atom. The van der Waals surface area contributed by atoms with Gasteiger partial charge in [-0.1, -0.05) is 26.0 Å². The molecule has 5 N–H and O–H groups in total. The Hall–Kier alpha value is -2.62. The highest BCUT2D eigenvalue weighted by atomic mass is 16.7. The van der Waals surface area contributed by atoms with Crippen molar-refractivity contribution in [2.75, 3.05) is 44.0 Å². The molecule has 0 saturated carbocycles. The third kappa shape index (κ3) is 9.81. The number of nitrogens with one attached hydrogen (secondary N) is 2. The number of amides is 2. The first kappa shape index (κ1) is 26.6. The zero-order chi connectivity index (χ0) is 24.1. The van der Waals surface area contributed by atoms with Crippen molar-refractivity contribution in [1.82, 2.24) is 5.32 Å². The number of rotatable bonds is 14. The largest absolute Gasteiger partial charge is 0.459 e. The standard InChI is InChI=1S/C24H37N3O6/c1-17(2)18-15-21(33-23(16-18)32-14-13-31-12-11-28)24(30)26-10-6-5-9-22(29)27-20-8-4-3-7-19(20)25/h3-4,7-8,15,17-18,23,28H,5-6,9-14,16,25H2,1-2H3,(H,26,30)(H,27,29). The molecular formula is C24H37N3O6. The Morgan fingerprint density at radius 2 is 2.00 bits per heavy atom. The van der Waals surface area contributed by atoms with Crippen LogP contribution < -0.4 is 16.4 Å². The second-order valence-electron chi connectivity index (χ2n) is 8.28. The maximum absolute atomic E-state index is 12.6. The van der Waals surface area contributed by atoms with Gasteiger partial charge >= 0.3 is 0 Å². The number of carbonyl (C=O) groups is 2. The number of unbranched alkanes of at least 4 members (excludes halogenated alkanes) is 1. The van der Waals surface area contributed by atoms with Gasteiger partial charge in [-0.2, -0.15) is 0 Å². The molecule has 9 heteroatoms. The molecule has 2 amide bonds. The quantitative estimate of drug-likeness (QED) is 0.246. The number of aliphatic hydroxyl groups is 1. The summed E-state index contributed by atoms with van der Waals surface area (Å²) in [5.41, 5.74) is 6.96. The molecule has 2 unspecified atom stereocenters. The van der Waals surface area contributed by atoms with Gasteiger partial charge in [0.1, 0.15) is 0 Å². The van der Waals surface area contributed by atoms with E-state index in [1.165, 1.54) is 0 Å². The smallest absolute Gasteiger partial charge is 0.286 e. The molecule has 1 aliphatic rings. The molecule has 33 heavy (non-hydrogen) atoms. The van der Waals surface area contributed by atoms with Crippen molar-refractivity contribution in [3.8, 4) is 0 Å². The summed E-state index contributed by atoms with van der Waals surface area (Å²) in [7, 11) is 0. The molecule has 0 bridgehead atoms. The molecule has 0 saturated heterocycles. The molecule has 1 aliphatic heterocycles. The summed E-state index contributed by atoms with van der Waals surface area (Å²) in [6.07, 6.45) is 3.64. The van der Waals surface area contributed by atoms with Crippen LogP contribution in [-0.4, -0.2) is 56.2 Å². The monoisotopic (exact) mass is 463 g/mol. The summed E-state index contributed by atoms with van der Waals surface area (Å²) in [5.74, 6) is 0.369. The molecule has 0 spiro atoms. The maximum Gasteiger partial charge on any atom is 0.286 e. The lowest BCUT2D eigenvalue weighted by Gasteiger charge is -2.30. The molecule has 9 nitrogen and oxygen atoms in total. The van der Waals surface area contributed by atoms with Gasteiger partial charge in [-0.25, -0.2) is 0 Å². The van der Waals surface area contributed by atoms with E-state index < -0.39 is 6.29 Å². The highest BCUT2D eigenvalue weighted by molar-refractivity contribution is 5.93. The number of carbonyl (C=O) groups excluding carboxylic acids is 2. The van der Waals surface area contributed by atoms with E-state index in [4.69, 9.17) is 25.1 Å². The lowest BCUT2D eigenvalue weighted by atomic mass is 9.90. The fourth-order valence-electron chi connectivity index (χ4n) is 3.34. The zero-order valence-electron chi connectivity index (χ0n) is 19.5. The first-order chi connectivity index (χ1) is 15.9. The summed E-state index contributed by atoms with van der Waals surface area (Å²) >= 11 is 0. The Labute approximate surface area is 195 Å². The Balaban J connectivity index is 1.71. The van der Waals surface area contributed by atoms with Crippen LogP contribution in [0, 0.1) is 11.8 Å². The number of hydrogen-bond donors (Lipinski definition) is 4. The Bertz CT molecular complexity index is 783. The van der Waals surface area contributed by atoms with Gasteiger partial charge in [-0.05, 0) is 42.9 Å². The number of anilines is 2. The average Bonchev–Trinajstić information content (AvgIpc) is 2.80. The van der Waals surface area contributed by atoms with Crippen LogP contribution in [0.1, 0.15) is 39.5 Å². The summed E-state index contributed by atoms with van der Waals surface area (Å²) in [6, 6.07) is 7.12. The van der Waals surface area contributed by atoms with Crippen molar-refractivity contribution >= 4 is 23.2 Å². The minimum atomic E-state index is -0.519. The van der Waals surface area contributed by atoms with Gasteiger partial charge in [-0.15, -0.1) is 0 Å². The number of nitrogens with two attached hydrogens (primary N) is 1. The van der Waals surface area contributed by atoms with E-state index in [2.05, 4.69) is 24.5 Å². The predicted octanol–water partition coefficient (Wildman–Crippen LogP) is 2.42. The lowest BCUT2D eigenvalue weighted by molar-refractivity contribution is -0.155. The van der Waals surface area contributed by atoms with E-state index >= 15 is 0 Å². The summed E-state index contributed by atoms with van der Waals surface area (Å²) in [5, 5.41) is 14.4. The molecule has 184 valence electrons. The highest BCUT2D eigenvalue weighted by Gasteiger charge is 2.29. The minimum absolute atomic E-state index is 0.0330. The van der Waals surface area contributed by atoms with E-state index in [-0.39, 0.29) is 36.7 Å². The summed E-state index contributed by atoms with van der Waals surface area (Å²) in [6.45, 7) is 5.53. The Kier molecular flexibility index (Phi) is 11.7. The average molecular weight is 464 g/mol. The van der Waals surface area contributed by atoms with Gasteiger partial charge in [0, 0.05) is 19.4 Å². The van der Waals surface area contributed by atoms with Crippen molar-refractivity contribution in [2.45, 2.75) is 45.8 Å². The van der Waals surface area contributed by atoms with Crippen LogP contribution in [-0.2, 0) is 23.8 Å². The third-order valence-electron chi connectivity index (χ3n) is 5.29. The van der Waals surface area contributed by atoms with E-state index in [0.717, 1.165) is 0 Å². The van der Waals surface area contributed by atoms with Crippen LogP contribution >= 0.6 is 0 Å². The van der Waals surface area contributed by atoms with Gasteiger partial charge in [0.15, 0.2) is 5.76 Å². The molecule has 0 fully saturated rings. The lowest BCUT2D eigenvalue weighted by Crippen LogP contribution is -2.35. The molecule has 1 aromatic carbocycles. The molecule has 2 rings (SSSR count). The first-order valence-electron chi connectivity index (χ1n) is 11.5. The van der Waals surface area contributed by atoms with Crippen LogP contribution in [0.2, 0.25) is 0 Å². The molecule has 0 aliphatic carbocycles. The summed E-state index contributed by atoms with van der Waals surface area (Å²) in [4.78, 5) is 24.7. The fraction of sp³-hybridized carbons (Fsp3) is 0.583. The fourth-order valence-corrected chi connectivity index (χ4v) is 3.34. The third-order valence-corrected chi connectivity index (χ3v) is 5.29. The van der Waals surface area contributed by atoms with E-state index in [1.54, 1.807) is 12.1 Å². The van der Waals surface area contributed by atoms with Gasteiger partial charge in [-0.3, -0.25) is 9.59 Å². The normalized spacial score (nSPS) is 17.9. The number of para-hydroxylation sites is 2. The maximum atomic E-state index is 12.6. The number of allylic oxidation sites excluding steroid dienone is 1. The number of benzene rings is 1. The molecule has 2 atom stereocenters. The van der Waals surface area contributed by atoms with Crippen LogP contribution in [0.25, 0.3) is 0 Å². The number of aliphatic hydroxyl groups excluding tert-OH is 1. The van der Waals surface area contributed by atoms with Crippen molar-refractivity contribution in [3.05, 3.63) is 36.1 Å². The highest BCUT2D eigenvalue weighted by Crippen LogP contribution is 2.28. The number of nitrogen functional groups attached to an aromatic ring is 1. The van der Waals surface area contributed by atoms with Gasteiger partial charge in [0.2, 0.25) is 12.2 Å². The van der Waals surface area contributed by atoms with E-state index in [9.17, 15) is 9.59 Å². The van der Waals surface area contributed by atoms with E-state index in [0.29, 0.717) is 62.7 Å². The molecule has 1 heterocycles. The van der Waals surface area contributed by atoms with Gasteiger partial charge in [0.25, 0.3) is 5.91 Å². The molecular weight excluding hydrogens is 426 g/mol. The SMILES string of the molecule is CC(C)C1C=C(C(=O)NCCCCC(=O)Nc2ccccc2N)OC(OCCOCCO)C1. The van der Waals surface area contributed by atoms with Gasteiger partial charge in [0.05, 0.1) is 37.8 Å². The summed E-state index contributed by atoms with van der Waals surface area (Å²) < 4.78 is 16.7. The second kappa shape index (κ2) is 14.5. The zero-order valence-corrected chi connectivity index (χ0v) is 19.5. The van der Waals surface area contributed by atoms with Crippen LogP contribution in [0.5, 0.6) is 0 Å². The van der Waals surface area contributed by atoms with Crippen LogP contribution in [0.4, 0.5) is 11.4 Å². The van der Waals surface area contributed by atoms with Crippen molar-refractivity contribution < 1.29 is 28.9 Å². The second-order valence-corrected chi connectivity index (χ2v) is 8.28. The minimum Gasteiger partial charge on any atom is -0.459 e. The first-order valence-corrected chi connectivity index (χ1v) is 11.5. The number of hydrogen-bond acceptors (Lipinski definition) is 7. The predicted molar refractivity (Wildman–Crippen MR) is 126 cm³/mol. The Morgan fingerprint density at radius 3 is 2.73 bits per heavy atom. The van der Waals surface area contributed by atoms with Crippen molar-refractivity contribution in [1.29, 1.82) is 0 Å². The molecule has 0 aromatic heterocycles. The van der Waals surface area contributed by atoms with Crippen molar-refractivity contribution in [3.63, 3.8) is 0 Å². The topological polar surface area (TPSA) is 132 Å². The van der Waals surface area contributed by atoms with Gasteiger partial charge < -0.3 is 35.7 Å². The molecule has 0 radical (unpaired) electrons. The van der Waals surface area contributed by atoms with Crippen LogP contribution in [0.15, 0.2) is 36.1 Å². The van der Waals surface area contributed by atoms with Crippen molar-refractivity contribution in [2.24, 2.45) is 11.8 Å². The van der Waals surface area contributed by atoms with E-state index in [1.807, 2.05) is 18.2 Å². The number of ether oxygens (including phenoxy) is 3.